The molecule has 4 saturated carbocycles. The smallest absolute Gasteiger partial charge is 0.328 e. The number of methoxy groups -OCH3 is 1. The molecule has 0 aromatic carbocycles. The molecule has 4 heteroatoms. The third kappa shape index (κ3) is 2.58. The van der Waals surface area contributed by atoms with Crippen LogP contribution in [-0.4, -0.2) is 25.0 Å². The van der Waals surface area contributed by atoms with Crippen molar-refractivity contribution in [3.05, 3.63) is 0 Å². The number of hydrogen-bond donors (Lipinski definition) is 1. The number of carbonyl (C=O) groups excluding carboxylic acids is 2. The van der Waals surface area contributed by atoms with E-state index in [1.807, 2.05) is 13.8 Å². The van der Waals surface area contributed by atoms with Crippen molar-refractivity contribution in [2.45, 2.75) is 58.4 Å². The summed E-state index contributed by atoms with van der Waals surface area (Å²) in [5, 5.41) is 3.01. The number of nitrogens with one attached hydrogen (secondary N) is 1. The first kappa shape index (κ1) is 14.9. The van der Waals surface area contributed by atoms with Gasteiger partial charge in [0.25, 0.3) is 0 Å². The number of hydrogen-bond acceptors (Lipinski definition) is 3. The van der Waals surface area contributed by atoms with E-state index < -0.39 is 6.04 Å². The minimum Gasteiger partial charge on any atom is -0.467 e. The van der Waals surface area contributed by atoms with Gasteiger partial charge in [0.2, 0.25) is 5.91 Å². The summed E-state index contributed by atoms with van der Waals surface area (Å²) in [6.45, 7) is 3.89. The van der Waals surface area contributed by atoms with E-state index >= 15 is 0 Å². The van der Waals surface area contributed by atoms with Crippen molar-refractivity contribution in [2.75, 3.05) is 7.11 Å². The molecule has 4 rings (SSSR count). The summed E-state index contributed by atoms with van der Waals surface area (Å²) in [5.41, 5.74) is -0.199. The molecule has 0 aromatic heterocycles. The Bertz CT molecular complexity index is 408. The molecule has 0 radical (unpaired) electrons. The van der Waals surface area contributed by atoms with Crippen LogP contribution in [0.4, 0.5) is 0 Å². The Morgan fingerprint density at radius 1 is 1.05 bits per heavy atom. The lowest BCUT2D eigenvalue weighted by atomic mass is 9.49. The Morgan fingerprint density at radius 2 is 1.52 bits per heavy atom. The lowest BCUT2D eigenvalue weighted by molar-refractivity contribution is -0.153. The maximum atomic E-state index is 12.9. The van der Waals surface area contributed by atoms with Crippen LogP contribution in [0, 0.1) is 29.1 Å². The molecular weight excluding hydrogens is 266 g/mol. The molecular formula is C17H27NO3. The molecule has 1 atom stereocenters. The SMILES string of the molecule is COC(=O)[C@@H](NC(=O)C12CC3CC(CC(C3)C1)C2)C(C)C. The molecule has 0 aromatic rings. The molecule has 1 amide bonds. The van der Waals surface area contributed by atoms with Crippen molar-refractivity contribution in [2.24, 2.45) is 29.1 Å². The van der Waals surface area contributed by atoms with E-state index in [1.165, 1.54) is 26.4 Å². The van der Waals surface area contributed by atoms with Crippen LogP contribution in [0.2, 0.25) is 0 Å². The molecule has 0 spiro atoms. The van der Waals surface area contributed by atoms with Gasteiger partial charge in [0, 0.05) is 5.41 Å². The average molecular weight is 293 g/mol. The Morgan fingerprint density at radius 3 is 1.90 bits per heavy atom. The van der Waals surface area contributed by atoms with E-state index in [1.54, 1.807) is 0 Å². The zero-order chi connectivity index (χ0) is 15.2. The van der Waals surface area contributed by atoms with Crippen LogP contribution < -0.4 is 5.32 Å². The van der Waals surface area contributed by atoms with Crippen LogP contribution in [0.1, 0.15) is 52.4 Å². The van der Waals surface area contributed by atoms with E-state index in [2.05, 4.69) is 5.32 Å². The predicted octanol–water partition coefficient (Wildman–Crippen LogP) is 2.52. The summed E-state index contributed by atoms with van der Waals surface area (Å²) in [4.78, 5) is 24.8. The van der Waals surface area contributed by atoms with Crippen LogP contribution in [0.3, 0.4) is 0 Å². The van der Waals surface area contributed by atoms with Crippen molar-refractivity contribution in [1.82, 2.24) is 5.32 Å². The fraction of sp³-hybridized carbons (Fsp3) is 0.882. The molecule has 4 aliphatic rings. The van der Waals surface area contributed by atoms with Crippen molar-refractivity contribution in [3.63, 3.8) is 0 Å². The number of amides is 1. The van der Waals surface area contributed by atoms with Gasteiger partial charge < -0.3 is 10.1 Å². The third-order valence-corrected chi connectivity index (χ3v) is 5.93. The van der Waals surface area contributed by atoms with Gasteiger partial charge in [0.1, 0.15) is 6.04 Å². The first-order valence-electron chi connectivity index (χ1n) is 8.32. The molecule has 4 aliphatic carbocycles. The predicted molar refractivity (Wildman–Crippen MR) is 79.4 cm³/mol. The van der Waals surface area contributed by atoms with Crippen molar-refractivity contribution >= 4 is 11.9 Å². The van der Waals surface area contributed by atoms with Gasteiger partial charge in [-0.15, -0.1) is 0 Å². The molecule has 0 unspecified atom stereocenters. The second kappa shape index (κ2) is 5.29. The summed E-state index contributed by atoms with van der Waals surface area (Å²) in [5.74, 6) is 2.02. The highest BCUT2D eigenvalue weighted by Crippen LogP contribution is 2.60. The quantitative estimate of drug-likeness (QED) is 0.810. The number of rotatable bonds is 4. The summed E-state index contributed by atoms with van der Waals surface area (Å²) in [6, 6.07) is -0.518. The Balaban J connectivity index is 1.74. The average Bonchev–Trinajstić information content (AvgIpc) is 2.41. The maximum absolute atomic E-state index is 12.9. The molecule has 118 valence electrons. The Hall–Kier alpha value is -1.06. The number of ether oxygens (including phenoxy) is 1. The minimum absolute atomic E-state index is 0.0512. The lowest BCUT2D eigenvalue weighted by Gasteiger charge is -2.55. The minimum atomic E-state index is -0.518. The second-order valence-electron chi connectivity index (χ2n) is 7.92. The topological polar surface area (TPSA) is 55.4 Å². The molecule has 21 heavy (non-hydrogen) atoms. The van der Waals surface area contributed by atoms with Crippen LogP contribution in [0.15, 0.2) is 0 Å². The van der Waals surface area contributed by atoms with E-state index in [-0.39, 0.29) is 23.2 Å². The van der Waals surface area contributed by atoms with Crippen LogP contribution in [0.25, 0.3) is 0 Å². The van der Waals surface area contributed by atoms with Gasteiger partial charge in [-0.3, -0.25) is 4.79 Å². The molecule has 0 aliphatic heterocycles. The number of carbonyl (C=O) groups is 2. The summed E-state index contributed by atoms with van der Waals surface area (Å²) in [6.07, 6.45) is 7.02. The largest absolute Gasteiger partial charge is 0.467 e. The summed E-state index contributed by atoms with van der Waals surface area (Å²) >= 11 is 0. The summed E-state index contributed by atoms with van der Waals surface area (Å²) in [7, 11) is 1.38. The van der Waals surface area contributed by atoms with Gasteiger partial charge in [-0.1, -0.05) is 13.8 Å². The molecule has 1 N–H and O–H groups in total. The van der Waals surface area contributed by atoms with E-state index in [0.29, 0.717) is 0 Å². The highest BCUT2D eigenvalue weighted by Gasteiger charge is 2.55. The van der Waals surface area contributed by atoms with E-state index in [4.69, 9.17) is 4.74 Å². The van der Waals surface area contributed by atoms with Crippen molar-refractivity contribution < 1.29 is 14.3 Å². The van der Waals surface area contributed by atoms with Gasteiger partial charge in [0.15, 0.2) is 0 Å². The lowest BCUT2D eigenvalue weighted by Crippen LogP contribution is -2.57. The zero-order valence-corrected chi connectivity index (χ0v) is 13.4. The molecule has 4 nitrogen and oxygen atoms in total. The normalized spacial score (nSPS) is 38.4. The highest BCUT2D eigenvalue weighted by molar-refractivity contribution is 5.88. The maximum Gasteiger partial charge on any atom is 0.328 e. The molecule has 0 heterocycles. The molecule has 0 saturated heterocycles. The van der Waals surface area contributed by atoms with Crippen LogP contribution in [0.5, 0.6) is 0 Å². The first-order valence-corrected chi connectivity index (χ1v) is 8.32. The number of esters is 1. The molecule has 4 bridgehead atoms. The van der Waals surface area contributed by atoms with Gasteiger partial charge in [-0.2, -0.15) is 0 Å². The fourth-order valence-corrected chi connectivity index (χ4v) is 5.31. The standard InChI is InChI=1S/C17H27NO3/c1-10(2)14(15(19)21-3)18-16(20)17-7-11-4-12(8-17)6-13(5-11)9-17/h10-14H,4-9H2,1-3H3,(H,18,20)/t11?,12?,13?,14-,17?/m0/s1. The fourth-order valence-electron chi connectivity index (χ4n) is 5.31. The van der Waals surface area contributed by atoms with Gasteiger partial charge in [0.05, 0.1) is 7.11 Å². The van der Waals surface area contributed by atoms with Gasteiger partial charge >= 0.3 is 5.97 Å². The van der Waals surface area contributed by atoms with Gasteiger partial charge in [-0.25, -0.2) is 4.79 Å². The summed E-state index contributed by atoms with van der Waals surface area (Å²) < 4.78 is 4.84. The molecule has 4 fully saturated rings. The second-order valence-corrected chi connectivity index (χ2v) is 7.92. The van der Waals surface area contributed by atoms with Crippen molar-refractivity contribution in [1.29, 1.82) is 0 Å². The third-order valence-electron chi connectivity index (χ3n) is 5.93. The zero-order valence-electron chi connectivity index (χ0n) is 13.4. The van der Waals surface area contributed by atoms with Gasteiger partial charge in [-0.05, 0) is 62.2 Å². The Kier molecular flexibility index (Phi) is 3.74. The van der Waals surface area contributed by atoms with Crippen LogP contribution in [-0.2, 0) is 14.3 Å². The van der Waals surface area contributed by atoms with Crippen LogP contribution >= 0.6 is 0 Å². The highest BCUT2D eigenvalue weighted by atomic mass is 16.5. The van der Waals surface area contributed by atoms with E-state index in [9.17, 15) is 9.59 Å². The van der Waals surface area contributed by atoms with E-state index in [0.717, 1.165) is 37.0 Å². The first-order chi connectivity index (χ1) is 9.93. The Labute approximate surface area is 127 Å². The van der Waals surface area contributed by atoms with Crippen molar-refractivity contribution in [3.8, 4) is 0 Å². The monoisotopic (exact) mass is 293 g/mol.